The van der Waals surface area contributed by atoms with Crippen LogP contribution in [0.5, 0.6) is 11.5 Å². The largest absolute Gasteiger partial charge is 0.508 e. The van der Waals surface area contributed by atoms with Crippen molar-refractivity contribution in [2.75, 3.05) is 0 Å². The second kappa shape index (κ2) is 10.9. The summed E-state index contributed by atoms with van der Waals surface area (Å²) < 4.78 is 0. The summed E-state index contributed by atoms with van der Waals surface area (Å²) in [5.41, 5.74) is 2.07. The number of aryl methyl sites for hydroxylation is 1. The standard InChI is InChI=1S/C14H11Cl2NO.C6H6O.V/c1-9-3-2-4-10(14(9)18)8-17-13-6-5-11(15)7-12(13)16;7-6-4-2-1-3-5-6;/h2-8,18H,1H3;1-5,7H;. The van der Waals surface area contributed by atoms with Crippen LogP contribution in [-0.2, 0) is 18.6 Å². The van der Waals surface area contributed by atoms with Gasteiger partial charge in [0.15, 0.2) is 0 Å². The van der Waals surface area contributed by atoms with E-state index in [-0.39, 0.29) is 24.3 Å². The molecular formula is C20H17Cl2NO2V. The SMILES string of the molecule is Cc1cccc(C=Nc2ccc(Cl)cc2Cl)c1O.Oc1ccccc1.[V]. The topological polar surface area (TPSA) is 52.8 Å². The van der Waals surface area contributed by atoms with Crippen LogP contribution in [0.15, 0.2) is 71.7 Å². The molecule has 133 valence electrons. The molecule has 0 unspecified atom stereocenters. The van der Waals surface area contributed by atoms with E-state index in [1.807, 2.05) is 25.1 Å². The molecule has 3 aromatic rings. The zero-order valence-corrected chi connectivity index (χ0v) is 16.9. The summed E-state index contributed by atoms with van der Waals surface area (Å²) in [6.45, 7) is 1.84. The number of hydrogen-bond acceptors (Lipinski definition) is 3. The molecule has 3 nitrogen and oxygen atoms in total. The van der Waals surface area contributed by atoms with E-state index in [1.165, 1.54) is 0 Å². The number of phenolic OH excluding ortho intramolecular Hbond substituents is 2. The number of hydrogen-bond donors (Lipinski definition) is 2. The summed E-state index contributed by atoms with van der Waals surface area (Å²) in [4.78, 5) is 4.24. The van der Waals surface area contributed by atoms with Crippen molar-refractivity contribution in [3.63, 3.8) is 0 Å². The van der Waals surface area contributed by atoms with Gasteiger partial charge in [-0.05, 0) is 48.9 Å². The Morgan fingerprint density at radius 2 is 1.58 bits per heavy atom. The van der Waals surface area contributed by atoms with E-state index in [9.17, 15) is 5.11 Å². The number of aliphatic imine (C=N–C) groups is 1. The Hall–Kier alpha value is -1.91. The van der Waals surface area contributed by atoms with E-state index in [1.54, 1.807) is 54.7 Å². The van der Waals surface area contributed by atoms with Gasteiger partial charge < -0.3 is 10.2 Å². The number of rotatable bonds is 2. The van der Waals surface area contributed by atoms with Crippen molar-refractivity contribution in [2.45, 2.75) is 6.92 Å². The minimum absolute atomic E-state index is 0. The maximum absolute atomic E-state index is 9.84. The number of benzene rings is 3. The van der Waals surface area contributed by atoms with E-state index in [4.69, 9.17) is 28.3 Å². The number of halogens is 2. The Morgan fingerprint density at radius 1 is 0.885 bits per heavy atom. The number of nitrogens with zero attached hydrogens (tertiary/aromatic N) is 1. The summed E-state index contributed by atoms with van der Waals surface area (Å²) in [6.07, 6.45) is 1.58. The molecule has 0 saturated carbocycles. The smallest absolute Gasteiger partial charge is 0.127 e. The van der Waals surface area contributed by atoms with E-state index in [2.05, 4.69) is 4.99 Å². The van der Waals surface area contributed by atoms with Gasteiger partial charge in [0.2, 0.25) is 0 Å². The Balaban J connectivity index is 0.000000357. The Morgan fingerprint density at radius 3 is 2.15 bits per heavy atom. The van der Waals surface area contributed by atoms with E-state index < -0.39 is 0 Å². The molecular weight excluding hydrogens is 408 g/mol. The second-order valence-corrected chi connectivity index (χ2v) is 6.05. The van der Waals surface area contributed by atoms with Crippen LogP contribution in [0, 0.1) is 6.92 Å². The molecule has 6 heteroatoms. The van der Waals surface area contributed by atoms with Gasteiger partial charge in [0.1, 0.15) is 11.5 Å². The third kappa shape index (κ3) is 6.77. The van der Waals surface area contributed by atoms with Crippen LogP contribution in [0.3, 0.4) is 0 Å². The van der Waals surface area contributed by atoms with Crippen molar-refractivity contribution >= 4 is 35.1 Å². The van der Waals surface area contributed by atoms with Gasteiger partial charge in [-0.2, -0.15) is 0 Å². The second-order valence-electron chi connectivity index (χ2n) is 5.20. The summed E-state index contributed by atoms with van der Waals surface area (Å²) >= 11 is 11.8. The Kier molecular flexibility index (Phi) is 9.32. The maximum atomic E-state index is 9.84. The minimum atomic E-state index is 0. The van der Waals surface area contributed by atoms with Crippen LogP contribution in [0.2, 0.25) is 10.0 Å². The first kappa shape index (κ1) is 22.1. The fourth-order valence-electron chi connectivity index (χ4n) is 1.94. The van der Waals surface area contributed by atoms with Gasteiger partial charge in [0, 0.05) is 35.4 Å². The van der Waals surface area contributed by atoms with Gasteiger partial charge in [-0.1, -0.05) is 53.5 Å². The van der Waals surface area contributed by atoms with Gasteiger partial charge in [0.25, 0.3) is 0 Å². The van der Waals surface area contributed by atoms with Gasteiger partial charge in [-0.3, -0.25) is 4.99 Å². The molecule has 0 fully saturated rings. The monoisotopic (exact) mass is 424 g/mol. The molecule has 1 radical (unpaired) electrons. The van der Waals surface area contributed by atoms with E-state index in [0.29, 0.717) is 27.0 Å². The maximum Gasteiger partial charge on any atom is 0.127 e. The van der Waals surface area contributed by atoms with Crippen LogP contribution in [0.1, 0.15) is 11.1 Å². The molecule has 0 heterocycles. The molecule has 0 saturated heterocycles. The Labute approximate surface area is 174 Å². The zero-order chi connectivity index (χ0) is 18.2. The number of phenols is 2. The van der Waals surface area contributed by atoms with E-state index >= 15 is 0 Å². The van der Waals surface area contributed by atoms with Gasteiger partial charge in [0.05, 0.1) is 10.7 Å². The summed E-state index contributed by atoms with van der Waals surface area (Å²) in [5.74, 6) is 0.550. The first-order chi connectivity index (χ1) is 12.0. The predicted octanol–water partition coefficient (Wildman–Crippen LogP) is 6.15. The summed E-state index contributed by atoms with van der Waals surface area (Å²) in [6, 6.07) is 19.3. The molecule has 0 spiro atoms. The molecule has 0 bridgehead atoms. The molecule has 0 aliphatic rings. The first-order valence-corrected chi connectivity index (χ1v) is 8.24. The molecule has 3 rings (SSSR count). The Bertz CT molecular complexity index is 871. The van der Waals surface area contributed by atoms with Crippen molar-refractivity contribution in [1.82, 2.24) is 0 Å². The van der Waals surface area contributed by atoms with Crippen molar-refractivity contribution < 1.29 is 28.8 Å². The van der Waals surface area contributed by atoms with Crippen molar-refractivity contribution in [2.24, 2.45) is 4.99 Å². The van der Waals surface area contributed by atoms with Crippen LogP contribution >= 0.6 is 23.2 Å². The van der Waals surface area contributed by atoms with Crippen molar-refractivity contribution in [1.29, 1.82) is 0 Å². The first-order valence-electron chi connectivity index (χ1n) is 7.49. The van der Waals surface area contributed by atoms with Gasteiger partial charge in [-0.15, -0.1) is 0 Å². The molecule has 26 heavy (non-hydrogen) atoms. The van der Waals surface area contributed by atoms with Crippen LogP contribution in [-0.4, -0.2) is 16.4 Å². The quantitative estimate of drug-likeness (QED) is 0.484. The predicted molar refractivity (Wildman–Crippen MR) is 105 cm³/mol. The molecule has 3 aromatic carbocycles. The van der Waals surface area contributed by atoms with Gasteiger partial charge >= 0.3 is 0 Å². The van der Waals surface area contributed by atoms with Crippen LogP contribution in [0.25, 0.3) is 0 Å². The van der Waals surface area contributed by atoms with Crippen LogP contribution < -0.4 is 0 Å². The van der Waals surface area contributed by atoms with Gasteiger partial charge in [-0.25, -0.2) is 0 Å². The normalized spacial score (nSPS) is 9.96. The average Bonchev–Trinajstić information content (AvgIpc) is 2.59. The fourth-order valence-corrected chi connectivity index (χ4v) is 2.40. The third-order valence-corrected chi connectivity index (χ3v) is 3.82. The molecule has 0 aromatic heterocycles. The number of para-hydroxylation sites is 2. The molecule has 0 amide bonds. The fraction of sp³-hybridized carbons (Fsp3) is 0.0500. The molecule has 0 atom stereocenters. The van der Waals surface area contributed by atoms with Crippen molar-refractivity contribution in [3.8, 4) is 11.5 Å². The minimum Gasteiger partial charge on any atom is -0.508 e. The molecule has 0 aliphatic heterocycles. The molecule has 0 aliphatic carbocycles. The average molecular weight is 425 g/mol. The number of aromatic hydroxyl groups is 2. The zero-order valence-electron chi connectivity index (χ0n) is 14.0. The summed E-state index contributed by atoms with van der Waals surface area (Å²) in [7, 11) is 0. The third-order valence-electron chi connectivity index (χ3n) is 3.28. The molecule has 2 N–H and O–H groups in total. The van der Waals surface area contributed by atoms with Crippen LogP contribution in [0.4, 0.5) is 5.69 Å². The van der Waals surface area contributed by atoms with E-state index in [0.717, 1.165) is 5.56 Å². The summed E-state index contributed by atoms with van der Waals surface area (Å²) in [5, 5.41) is 19.5. The van der Waals surface area contributed by atoms with Crippen molar-refractivity contribution in [3.05, 3.63) is 87.9 Å².